The van der Waals surface area contributed by atoms with Crippen LogP contribution in [0.15, 0.2) is 36.7 Å². The number of nitrogens with one attached hydrogen (secondary N) is 3. The van der Waals surface area contributed by atoms with Crippen molar-refractivity contribution in [1.82, 2.24) is 15.3 Å². The van der Waals surface area contributed by atoms with Crippen molar-refractivity contribution >= 4 is 17.3 Å². The minimum Gasteiger partial charge on any atom is -0.492 e. The Kier molecular flexibility index (Phi) is 6.27. The number of aromatic nitrogens is 2. The van der Waals surface area contributed by atoms with Crippen LogP contribution in [-0.2, 0) is 11.2 Å². The first-order chi connectivity index (χ1) is 15.5. The van der Waals surface area contributed by atoms with E-state index in [0.29, 0.717) is 53.5 Å². The molecule has 3 heterocycles. The van der Waals surface area contributed by atoms with Crippen molar-refractivity contribution in [2.45, 2.75) is 19.4 Å². The molecule has 0 fully saturated rings. The Labute approximate surface area is 185 Å². The summed E-state index contributed by atoms with van der Waals surface area (Å²) < 4.78 is 30.8. The van der Waals surface area contributed by atoms with Crippen LogP contribution in [0.1, 0.15) is 23.0 Å². The second-order valence-electron chi connectivity index (χ2n) is 7.41. The van der Waals surface area contributed by atoms with Gasteiger partial charge in [0.15, 0.2) is 11.6 Å². The van der Waals surface area contributed by atoms with Crippen LogP contribution < -0.4 is 20.1 Å². The highest BCUT2D eigenvalue weighted by Crippen LogP contribution is 2.41. The molecule has 2 aromatic heterocycles. The maximum atomic E-state index is 14.3. The fourth-order valence-corrected chi connectivity index (χ4v) is 3.63. The first-order valence-electron chi connectivity index (χ1n) is 10.3. The van der Waals surface area contributed by atoms with E-state index in [1.807, 2.05) is 6.92 Å². The minimum absolute atomic E-state index is 0.0599. The van der Waals surface area contributed by atoms with Gasteiger partial charge in [0.25, 0.3) is 5.91 Å². The van der Waals surface area contributed by atoms with Crippen LogP contribution in [0.3, 0.4) is 0 Å². The van der Waals surface area contributed by atoms with Gasteiger partial charge in [-0.15, -0.1) is 0 Å². The Balaban J connectivity index is 1.83. The Morgan fingerprint density at radius 2 is 2.12 bits per heavy atom. The lowest BCUT2D eigenvalue weighted by Crippen LogP contribution is -2.31. The minimum atomic E-state index is -0.505. The van der Waals surface area contributed by atoms with E-state index in [4.69, 9.17) is 14.2 Å². The maximum Gasteiger partial charge on any atom is 0.255 e. The standard InChI is InChI=1S/C23H25FN4O4/c1-13(30-2)12-32-18-11-25-9-7-14(18)20-21(19-16(27-20)8-10-26-23(19)29)28-17-6-4-5-15(24)22(17)31-3/h4-7,9,11,13,27-28H,8,10,12H2,1-3H3,(H,26,29)/t13-/m1/s1. The molecule has 1 aliphatic rings. The fourth-order valence-electron chi connectivity index (χ4n) is 3.63. The molecule has 0 spiro atoms. The molecule has 0 aliphatic carbocycles. The zero-order valence-electron chi connectivity index (χ0n) is 18.1. The van der Waals surface area contributed by atoms with Crippen LogP contribution in [0.5, 0.6) is 11.5 Å². The van der Waals surface area contributed by atoms with Gasteiger partial charge in [-0.1, -0.05) is 6.07 Å². The Hall–Kier alpha value is -3.59. The van der Waals surface area contributed by atoms with Gasteiger partial charge in [-0.25, -0.2) is 4.39 Å². The number of methoxy groups -OCH3 is 2. The SMILES string of the molecule is COc1c(F)cccc1Nc1c(-c2ccncc2OC[C@@H](C)OC)[nH]c2c1C(=O)NCC2. The summed E-state index contributed by atoms with van der Waals surface area (Å²) in [6, 6.07) is 6.38. The maximum absolute atomic E-state index is 14.3. The van der Waals surface area contributed by atoms with Crippen molar-refractivity contribution in [3.63, 3.8) is 0 Å². The third-order valence-corrected chi connectivity index (χ3v) is 5.33. The number of H-pyrrole nitrogens is 1. The van der Waals surface area contributed by atoms with E-state index in [-0.39, 0.29) is 17.8 Å². The molecule has 8 nitrogen and oxygen atoms in total. The third kappa shape index (κ3) is 4.11. The predicted molar refractivity (Wildman–Crippen MR) is 118 cm³/mol. The molecule has 1 aliphatic heterocycles. The topological polar surface area (TPSA) is 97.5 Å². The van der Waals surface area contributed by atoms with Crippen LogP contribution in [0.25, 0.3) is 11.3 Å². The fraction of sp³-hybridized carbons (Fsp3) is 0.304. The molecule has 1 amide bonds. The monoisotopic (exact) mass is 440 g/mol. The summed E-state index contributed by atoms with van der Waals surface area (Å²) in [5.74, 6) is -0.125. The van der Waals surface area contributed by atoms with E-state index >= 15 is 0 Å². The number of nitrogens with zero attached hydrogens (tertiary/aromatic N) is 1. The molecule has 0 saturated carbocycles. The smallest absolute Gasteiger partial charge is 0.255 e. The summed E-state index contributed by atoms with van der Waals surface area (Å²) in [6.07, 6.45) is 3.79. The van der Waals surface area contributed by atoms with Crippen LogP contribution in [0, 0.1) is 5.82 Å². The van der Waals surface area contributed by atoms with E-state index in [1.54, 1.807) is 37.7 Å². The highest BCUT2D eigenvalue weighted by molar-refractivity contribution is 6.06. The van der Waals surface area contributed by atoms with E-state index in [9.17, 15) is 9.18 Å². The Morgan fingerprint density at radius 1 is 1.28 bits per heavy atom. The molecule has 1 atom stereocenters. The molecule has 4 rings (SSSR count). The number of amides is 1. The normalized spacial score (nSPS) is 13.8. The van der Waals surface area contributed by atoms with Crippen molar-refractivity contribution in [3.8, 4) is 22.8 Å². The number of aromatic amines is 1. The van der Waals surface area contributed by atoms with Gasteiger partial charge in [0, 0.05) is 37.5 Å². The van der Waals surface area contributed by atoms with Crippen LogP contribution in [0.4, 0.5) is 15.8 Å². The van der Waals surface area contributed by atoms with Gasteiger partial charge >= 0.3 is 0 Å². The molecule has 9 heteroatoms. The number of para-hydroxylation sites is 1. The highest BCUT2D eigenvalue weighted by atomic mass is 19.1. The van der Waals surface area contributed by atoms with Gasteiger partial charge in [0.1, 0.15) is 12.4 Å². The van der Waals surface area contributed by atoms with Crippen molar-refractivity contribution in [3.05, 3.63) is 53.7 Å². The quantitative estimate of drug-likeness (QED) is 0.495. The van der Waals surface area contributed by atoms with Gasteiger partial charge < -0.3 is 29.8 Å². The first-order valence-corrected chi connectivity index (χ1v) is 10.3. The Bertz CT molecular complexity index is 1130. The molecule has 168 valence electrons. The van der Waals surface area contributed by atoms with E-state index in [1.165, 1.54) is 13.2 Å². The number of rotatable bonds is 8. The van der Waals surface area contributed by atoms with Gasteiger partial charge in [0.05, 0.1) is 42.0 Å². The highest BCUT2D eigenvalue weighted by Gasteiger charge is 2.29. The van der Waals surface area contributed by atoms with Gasteiger partial charge in [0.2, 0.25) is 0 Å². The average Bonchev–Trinajstić information content (AvgIpc) is 3.17. The van der Waals surface area contributed by atoms with Crippen LogP contribution >= 0.6 is 0 Å². The van der Waals surface area contributed by atoms with Gasteiger partial charge in [-0.3, -0.25) is 9.78 Å². The van der Waals surface area contributed by atoms with Crippen LogP contribution in [-0.4, -0.2) is 49.4 Å². The number of carbonyl (C=O) groups excluding carboxylic acids is 1. The molecule has 3 aromatic rings. The number of hydrogen-bond donors (Lipinski definition) is 3. The number of ether oxygens (including phenoxy) is 3. The van der Waals surface area contributed by atoms with E-state index < -0.39 is 5.82 Å². The lowest BCUT2D eigenvalue weighted by Gasteiger charge is -2.17. The van der Waals surface area contributed by atoms with Gasteiger partial charge in [-0.05, 0) is 25.1 Å². The predicted octanol–water partition coefficient (Wildman–Crippen LogP) is 3.67. The largest absolute Gasteiger partial charge is 0.492 e. The molecule has 32 heavy (non-hydrogen) atoms. The summed E-state index contributed by atoms with van der Waals surface area (Å²) in [5, 5.41) is 6.08. The third-order valence-electron chi connectivity index (χ3n) is 5.33. The van der Waals surface area contributed by atoms with E-state index in [2.05, 4.69) is 20.6 Å². The number of fused-ring (bicyclic) bond motifs is 1. The number of anilines is 2. The molecule has 0 radical (unpaired) electrons. The Morgan fingerprint density at radius 3 is 2.91 bits per heavy atom. The summed E-state index contributed by atoms with van der Waals surface area (Å²) in [5.41, 5.74) is 3.53. The zero-order valence-corrected chi connectivity index (χ0v) is 18.1. The van der Waals surface area contributed by atoms with Crippen molar-refractivity contribution in [1.29, 1.82) is 0 Å². The summed E-state index contributed by atoms with van der Waals surface area (Å²) in [7, 11) is 3.01. The van der Waals surface area contributed by atoms with Crippen LogP contribution in [0.2, 0.25) is 0 Å². The number of halogens is 1. The van der Waals surface area contributed by atoms with Crippen molar-refractivity contribution in [2.24, 2.45) is 0 Å². The molecule has 1 aromatic carbocycles. The zero-order chi connectivity index (χ0) is 22.7. The summed E-state index contributed by atoms with van der Waals surface area (Å²) in [6.45, 7) is 2.76. The van der Waals surface area contributed by atoms with E-state index in [0.717, 1.165) is 5.69 Å². The number of hydrogen-bond acceptors (Lipinski definition) is 6. The molecular weight excluding hydrogens is 415 g/mol. The lowest BCUT2D eigenvalue weighted by molar-refractivity contribution is 0.0717. The summed E-state index contributed by atoms with van der Waals surface area (Å²) >= 11 is 0. The first kappa shape index (κ1) is 21.6. The van der Waals surface area contributed by atoms with Gasteiger partial charge in [-0.2, -0.15) is 0 Å². The van der Waals surface area contributed by atoms with Crippen molar-refractivity contribution < 1.29 is 23.4 Å². The molecule has 3 N–H and O–H groups in total. The average molecular weight is 440 g/mol. The molecule has 0 saturated heterocycles. The molecule has 0 bridgehead atoms. The molecular formula is C23H25FN4O4. The number of pyridine rings is 1. The number of benzene rings is 1. The number of carbonyl (C=O) groups is 1. The second kappa shape index (κ2) is 9.27. The van der Waals surface area contributed by atoms with Crippen molar-refractivity contribution in [2.75, 3.05) is 32.7 Å². The second-order valence-corrected chi connectivity index (χ2v) is 7.41. The molecule has 0 unspecified atom stereocenters. The summed E-state index contributed by atoms with van der Waals surface area (Å²) in [4.78, 5) is 20.3. The lowest BCUT2D eigenvalue weighted by atomic mass is 10.0.